The molecule has 0 radical (unpaired) electrons. The summed E-state index contributed by atoms with van der Waals surface area (Å²) in [7, 11) is 0. The molecule has 0 aliphatic carbocycles. The van der Waals surface area contributed by atoms with E-state index in [-0.39, 0.29) is 13.2 Å². The van der Waals surface area contributed by atoms with Gasteiger partial charge < -0.3 is 9.47 Å². The Balaban J connectivity index is 1.73. The summed E-state index contributed by atoms with van der Waals surface area (Å²) >= 11 is 0. The van der Waals surface area contributed by atoms with E-state index in [4.69, 9.17) is 9.47 Å². The molecule has 0 aromatic heterocycles. The van der Waals surface area contributed by atoms with E-state index in [0.717, 1.165) is 16.7 Å². The highest BCUT2D eigenvalue weighted by atomic mass is 19.4. The Labute approximate surface area is 172 Å². The second-order valence-corrected chi connectivity index (χ2v) is 6.97. The normalized spacial score (nSPS) is 16.8. The molecular formula is C24H20F3NO2. The highest BCUT2D eigenvalue weighted by Crippen LogP contribution is 2.40. The van der Waals surface area contributed by atoms with E-state index in [1.165, 1.54) is 0 Å². The molecule has 1 aliphatic heterocycles. The number of hydrogen-bond acceptors (Lipinski definition) is 3. The van der Waals surface area contributed by atoms with Gasteiger partial charge in [-0.1, -0.05) is 91.0 Å². The Kier molecular flexibility index (Phi) is 5.59. The summed E-state index contributed by atoms with van der Waals surface area (Å²) in [6.45, 7) is -0.148. The first-order valence-electron chi connectivity index (χ1n) is 9.59. The summed E-state index contributed by atoms with van der Waals surface area (Å²) in [5.74, 6) is -1.19. The van der Waals surface area contributed by atoms with E-state index in [1.807, 2.05) is 91.0 Å². The summed E-state index contributed by atoms with van der Waals surface area (Å²) in [5.41, 5.74) is 1.61. The standard InChI is InChI=1S/C24H20F3NO2/c25-24(26,27)22-28-16-21(30-22)17-29-23(18-10-4-1-5-11-18,19-12-6-2-7-13-19)20-14-8-3-9-15-20/h1-15,21H,16-17H2/t21-/m1/s1. The largest absolute Gasteiger partial charge is 0.468 e. The maximum Gasteiger partial charge on any atom is 0.468 e. The van der Waals surface area contributed by atoms with Crippen molar-refractivity contribution in [1.29, 1.82) is 0 Å². The van der Waals surface area contributed by atoms with Crippen LogP contribution >= 0.6 is 0 Å². The van der Waals surface area contributed by atoms with Crippen molar-refractivity contribution in [2.45, 2.75) is 17.9 Å². The van der Waals surface area contributed by atoms with Crippen LogP contribution in [0, 0.1) is 0 Å². The molecule has 0 saturated carbocycles. The van der Waals surface area contributed by atoms with Crippen LogP contribution in [0.2, 0.25) is 0 Å². The van der Waals surface area contributed by atoms with Gasteiger partial charge in [-0.05, 0) is 16.7 Å². The Hall–Kier alpha value is -3.12. The maximum absolute atomic E-state index is 12.9. The minimum atomic E-state index is -4.59. The molecule has 3 aromatic carbocycles. The van der Waals surface area contributed by atoms with Crippen LogP contribution in [0.15, 0.2) is 96.0 Å². The van der Waals surface area contributed by atoms with Crippen molar-refractivity contribution in [3.63, 3.8) is 0 Å². The molecule has 0 spiro atoms. The fourth-order valence-electron chi connectivity index (χ4n) is 3.65. The van der Waals surface area contributed by atoms with Crippen molar-refractivity contribution in [2.75, 3.05) is 13.2 Å². The Morgan fingerprint density at radius 2 is 1.20 bits per heavy atom. The third-order valence-corrected chi connectivity index (χ3v) is 4.99. The highest BCUT2D eigenvalue weighted by Gasteiger charge is 2.44. The fourth-order valence-corrected chi connectivity index (χ4v) is 3.65. The third kappa shape index (κ3) is 3.96. The average molecular weight is 411 g/mol. The van der Waals surface area contributed by atoms with Crippen molar-refractivity contribution >= 4 is 5.90 Å². The minimum absolute atomic E-state index is 0.0538. The van der Waals surface area contributed by atoms with Crippen LogP contribution in [0.25, 0.3) is 0 Å². The van der Waals surface area contributed by atoms with Crippen LogP contribution in [-0.4, -0.2) is 31.3 Å². The monoisotopic (exact) mass is 411 g/mol. The summed E-state index contributed by atoms with van der Waals surface area (Å²) < 4.78 is 50.2. The van der Waals surface area contributed by atoms with E-state index < -0.39 is 23.8 Å². The zero-order valence-corrected chi connectivity index (χ0v) is 16.0. The molecule has 30 heavy (non-hydrogen) atoms. The van der Waals surface area contributed by atoms with Crippen LogP contribution < -0.4 is 0 Å². The van der Waals surface area contributed by atoms with Crippen molar-refractivity contribution in [3.8, 4) is 0 Å². The second-order valence-electron chi connectivity index (χ2n) is 6.97. The number of hydrogen-bond donors (Lipinski definition) is 0. The topological polar surface area (TPSA) is 30.8 Å². The molecule has 1 heterocycles. The van der Waals surface area contributed by atoms with Gasteiger partial charge in [-0.2, -0.15) is 13.2 Å². The van der Waals surface area contributed by atoms with Gasteiger partial charge in [-0.15, -0.1) is 0 Å². The molecule has 1 atom stereocenters. The number of aliphatic imine (C=N–C) groups is 1. The highest BCUT2D eigenvalue weighted by molar-refractivity contribution is 5.83. The lowest BCUT2D eigenvalue weighted by atomic mass is 9.80. The molecule has 6 heteroatoms. The predicted octanol–water partition coefficient (Wildman–Crippen LogP) is 5.35. The summed E-state index contributed by atoms with van der Waals surface area (Å²) in [6.07, 6.45) is -5.40. The zero-order chi connectivity index (χ0) is 21.0. The van der Waals surface area contributed by atoms with Crippen LogP contribution in [0.1, 0.15) is 16.7 Å². The molecule has 0 fully saturated rings. The first-order chi connectivity index (χ1) is 14.5. The van der Waals surface area contributed by atoms with Crippen molar-refractivity contribution < 1.29 is 22.6 Å². The lowest BCUT2D eigenvalue weighted by Crippen LogP contribution is -2.37. The summed E-state index contributed by atoms with van der Waals surface area (Å²) in [5, 5.41) is 0. The van der Waals surface area contributed by atoms with E-state index in [0.29, 0.717) is 0 Å². The van der Waals surface area contributed by atoms with Gasteiger partial charge in [0.2, 0.25) is 0 Å². The van der Waals surface area contributed by atoms with Crippen molar-refractivity contribution in [2.24, 2.45) is 4.99 Å². The van der Waals surface area contributed by atoms with Crippen molar-refractivity contribution in [1.82, 2.24) is 0 Å². The van der Waals surface area contributed by atoms with Gasteiger partial charge in [0.1, 0.15) is 11.7 Å². The van der Waals surface area contributed by atoms with E-state index >= 15 is 0 Å². The smallest absolute Gasteiger partial charge is 0.467 e. The van der Waals surface area contributed by atoms with Gasteiger partial charge in [-0.25, -0.2) is 4.99 Å². The molecule has 0 amide bonds. The molecule has 1 aliphatic rings. The predicted molar refractivity (Wildman–Crippen MR) is 108 cm³/mol. The lowest BCUT2D eigenvalue weighted by molar-refractivity contribution is -0.0865. The van der Waals surface area contributed by atoms with Gasteiger partial charge in [-0.3, -0.25) is 0 Å². The van der Waals surface area contributed by atoms with Crippen LogP contribution in [-0.2, 0) is 15.1 Å². The van der Waals surface area contributed by atoms with E-state index in [9.17, 15) is 13.2 Å². The molecule has 3 nitrogen and oxygen atoms in total. The van der Waals surface area contributed by atoms with Gasteiger partial charge >= 0.3 is 6.18 Å². The number of rotatable bonds is 6. The molecule has 0 unspecified atom stereocenters. The quantitative estimate of drug-likeness (QED) is 0.512. The van der Waals surface area contributed by atoms with E-state index in [1.54, 1.807) is 0 Å². The average Bonchev–Trinajstić information content (AvgIpc) is 3.26. The number of benzene rings is 3. The Morgan fingerprint density at radius 3 is 1.57 bits per heavy atom. The molecule has 0 bridgehead atoms. The lowest BCUT2D eigenvalue weighted by Gasteiger charge is -2.36. The first kappa shape index (κ1) is 20.2. The molecule has 154 valence electrons. The Morgan fingerprint density at radius 1 is 0.767 bits per heavy atom. The number of alkyl halides is 3. The molecule has 0 N–H and O–H groups in total. The second kappa shape index (κ2) is 8.32. The first-order valence-corrected chi connectivity index (χ1v) is 9.59. The number of nitrogens with zero attached hydrogens (tertiary/aromatic N) is 1. The number of halogens is 3. The zero-order valence-electron chi connectivity index (χ0n) is 16.0. The van der Waals surface area contributed by atoms with Crippen molar-refractivity contribution in [3.05, 3.63) is 108 Å². The third-order valence-electron chi connectivity index (χ3n) is 4.99. The number of ether oxygens (including phenoxy) is 2. The van der Waals surface area contributed by atoms with Gasteiger partial charge in [0.05, 0.1) is 13.2 Å². The van der Waals surface area contributed by atoms with Gasteiger partial charge in [0.15, 0.2) is 0 Å². The van der Waals surface area contributed by atoms with Crippen LogP contribution in [0.5, 0.6) is 0 Å². The SMILES string of the molecule is FC(F)(F)C1=NC[C@H](COC(c2ccccc2)(c2ccccc2)c2ccccc2)O1. The van der Waals surface area contributed by atoms with Crippen LogP contribution in [0.4, 0.5) is 13.2 Å². The summed E-state index contributed by atoms with van der Waals surface area (Å²) in [6, 6.07) is 28.9. The molecule has 3 aromatic rings. The summed E-state index contributed by atoms with van der Waals surface area (Å²) in [4.78, 5) is 3.50. The molecular weight excluding hydrogens is 391 g/mol. The molecule has 4 rings (SSSR count). The van der Waals surface area contributed by atoms with Gasteiger partial charge in [0.25, 0.3) is 5.90 Å². The maximum atomic E-state index is 12.9. The Bertz CT molecular complexity index is 893. The van der Waals surface area contributed by atoms with E-state index in [2.05, 4.69) is 4.99 Å². The minimum Gasteiger partial charge on any atom is -0.467 e. The molecule has 0 saturated heterocycles. The fraction of sp³-hybridized carbons (Fsp3) is 0.208. The van der Waals surface area contributed by atoms with Crippen LogP contribution in [0.3, 0.4) is 0 Å². The van der Waals surface area contributed by atoms with Gasteiger partial charge in [0, 0.05) is 0 Å².